The van der Waals surface area contributed by atoms with Gasteiger partial charge in [-0.05, 0) is 35.6 Å². The van der Waals surface area contributed by atoms with E-state index in [1.165, 1.54) is 22.4 Å². The fourth-order valence-corrected chi connectivity index (χ4v) is 3.01. The molecule has 2 aromatic rings. The summed E-state index contributed by atoms with van der Waals surface area (Å²) in [6.45, 7) is 0. The highest BCUT2D eigenvalue weighted by Gasteiger charge is 2.30. The maximum Gasteiger partial charge on any atom is 0.0785 e. The molecule has 1 unspecified atom stereocenters. The Kier molecular flexibility index (Phi) is 2.04. The minimum Gasteiger partial charge on any atom is -0.258 e. The van der Waals surface area contributed by atoms with Gasteiger partial charge >= 0.3 is 0 Å². The molecule has 0 bridgehead atoms. The lowest BCUT2D eigenvalue weighted by molar-refractivity contribution is 0.556. The first-order valence-electron chi connectivity index (χ1n) is 6.43. The molecule has 88 valence electrons. The van der Waals surface area contributed by atoms with Crippen LogP contribution in [0.3, 0.4) is 0 Å². The van der Waals surface area contributed by atoms with Gasteiger partial charge in [-0.15, -0.1) is 0 Å². The van der Waals surface area contributed by atoms with Gasteiger partial charge in [0.1, 0.15) is 0 Å². The van der Waals surface area contributed by atoms with E-state index >= 15 is 0 Å². The number of nitrogens with zero attached hydrogens (tertiary/aromatic N) is 2. The van der Waals surface area contributed by atoms with E-state index in [1.54, 1.807) is 0 Å². The molecule has 0 fully saturated rings. The monoisotopic (exact) mass is 234 g/mol. The van der Waals surface area contributed by atoms with Crippen LogP contribution in [0.15, 0.2) is 53.6 Å². The zero-order chi connectivity index (χ0) is 11.9. The van der Waals surface area contributed by atoms with Gasteiger partial charge < -0.3 is 0 Å². The van der Waals surface area contributed by atoms with Crippen molar-refractivity contribution in [1.29, 1.82) is 0 Å². The summed E-state index contributed by atoms with van der Waals surface area (Å²) < 4.78 is 0. The van der Waals surface area contributed by atoms with Crippen LogP contribution >= 0.6 is 0 Å². The van der Waals surface area contributed by atoms with E-state index in [2.05, 4.69) is 58.6 Å². The summed E-state index contributed by atoms with van der Waals surface area (Å²) >= 11 is 0. The second-order valence-electron chi connectivity index (χ2n) is 4.90. The number of hydrazone groups is 1. The van der Waals surface area contributed by atoms with E-state index in [9.17, 15) is 0 Å². The molecule has 0 saturated carbocycles. The van der Waals surface area contributed by atoms with Gasteiger partial charge in [0.15, 0.2) is 0 Å². The second-order valence-corrected chi connectivity index (χ2v) is 4.90. The Bertz CT molecular complexity index is 630. The zero-order valence-corrected chi connectivity index (χ0v) is 10.1. The van der Waals surface area contributed by atoms with Crippen molar-refractivity contribution in [2.75, 3.05) is 5.01 Å². The van der Waals surface area contributed by atoms with Crippen molar-refractivity contribution >= 4 is 11.9 Å². The molecule has 0 N–H and O–H groups in total. The summed E-state index contributed by atoms with van der Waals surface area (Å²) in [7, 11) is 0. The first-order chi connectivity index (χ1) is 8.93. The minimum atomic E-state index is 0.404. The molecular formula is C16H14N2. The summed E-state index contributed by atoms with van der Waals surface area (Å²) in [5.74, 6) is 0. The van der Waals surface area contributed by atoms with Crippen LogP contribution in [0, 0.1) is 0 Å². The van der Waals surface area contributed by atoms with Crippen molar-refractivity contribution in [3.05, 3.63) is 65.2 Å². The van der Waals surface area contributed by atoms with Gasteiger partial charge in [0, 0.05) is 0 Å². The van der Waals surface area contributed by atoms with Gasteiger partial charge in [0.2, 0.25) is 0 Å². The molecule has 0 amide bonds. The molecule has 2 nitrogen and oxygen atoms in total. The van der Waals surface area contributed by atoms with Gasteiger partial charge in [0.25, 0.3) is 0 Å². The molecule has 1 atom stereocenters. The molecule has 0 radical (unpaired) electrons. The van der Waals surface area contributed by atoms with Crippen molar-refractivity contribution in [2.24, 2.45) is 5.10 Å². The van der Waals surface area contributed by atoms with Crippen LogP contribution in [-0.4, -0.2) is 6.21 Å². The van der Waals surface area contributed by atoms with Crippen molar-refractivity contribution in [1.82, 2.24) is 0 Å². The molecule has 2 heterocycles. The molecule has 2 heteroatoms. The van der Waals surface area contributed by atoms with Crippen molar-refractivity contribution < 1.29 is 0 Å². The summed E-state index contributed by atoms with van der Waals surface area (Å²) in [6, 6.07) is 17.6. The van der Waals surface area contributed by atoms with Crippen LogP contribution in [-0.2, 0) is 6.42 Å². The molecule has 0 spiro atoms. The SMILES string of the molecule is C1=NN2c3ccccc3CCC2c2ccccc21. The Labute approximate surface area is 107 Å². The number of fused-ring (bicyclic) bond motifs is 5. The van der Waals surface area contributed by atoms with Crippen LogP contribution in [0.5, 0.6) is 0 Å². The van der Waals surface area contributed by atoms with Crippen LogP contribution in [0.1, 0.15) is 29.2 Å². The summed E-state index contributed by atoms with van der Waals surface area (Å²) in [5, 5.41) is 6.82. The standard InChI is InChI=1S/C16H14N2/c1-3-7-14-13(6-1)11-17-18-15-8-4-2-5-12(15)9-10-16(14)18/h1-8,11,16H,9-10H2. The molecule has 4 rings (SSSR count). The number of para-hydroxylation sites is 1. The molecule has 18 heavy (non-hydrogen) atoms. The van der Waals surface area contributed by atoms with E-state index < -0.39 is 0 Å². The number of hydrogen-bond donors (Lipinski definition) is 0. The Morgan fingerprint density at radius 1 is 1.00 bits per heavy atom. The maximum absolute atomic E-state index is 4.64. The molecular weight excluding hydrogens is 220 g/mol. The number of hydrogen-bond acceptors (Lipinski definition) is 2. The predicted molar refractivity (Wildman–Crippen MR) is 74.0 cm³/mol. The number of aryl methyl sites for hydroxylation is 1. The fourth-order valence-electron chi connectivity index (χ4n) is 3.01. The molecule has 0 aromatic heterocycles. The van der Waals surface area contributed by atoms with E-state index in [0.29, 0.717) is 6.04 Å². The molecule has 2 aromatic carbocycles. The Morgan fingerprint density at radius 3 is 2.83 bits per heavy atom. The van der Waals surface area contributed by atoms with Gasteiger partial charge in [0.05, 0.1) is 17.9 Å². The smallest absolute Gasteiger partial charge is 0.0785 e. The Balaban J connectivity index is 1.87. The van der Waals surface area contributed by atoms with Crippen LogP contribution in [0.4, 0.5) is 5.69 Å². The molecule has 2 aliphatic heterocycles. The van der Waals surface area contributed by atoms with Crippen molar-refractivity contribution in [3.63, 3.8) is 0 Å². The number of benzene rings is 2. The third-order valence-corrected chi connectivity index (χ3v) is 3.90. The average molecular weight is 234 g/mol. The Morgan fingerprint density at radius 2 is 1.83 bits per heavy atom. The highest BCUT2D eigenvalue weighted by atomic mass is 15.5. The predicted octanol–water partition coefficient (Wildman–Crippen LogP) is 3.53. The van der Waals surface area contributed by atoms with E-state index in [1.807, 2.05) is 6.21 Å². The van der Waals surface area contributed by atoms with Gasteiger partial charge in [-0.25, -0.2) is 0 Å². The quantitative estimate of drug-likeness (QED) is 0.681. The summed E-state index contributed by atoms with van der Waals surface area (Å²) in [5.41, 5.74) is 5.34. The topological polar surface area (TPSA) is 15.6 Å². The van der Waals surface area contributed by atoms with Crippen LogP contribution in [0.2, 0.25) is 0 Å². The fraction of sp³-hybridized carbons (Fsp3) is 0.188. The first-order valence-corrected chi connectivity index (χ1v) is 6.43. The molecule has 2 aliphatic rings. The highest BCUT2D eigenvalue weighted by molar-refractivity contribution is 5.85. The lowest BCUT2D eigenvalue weighted by Crippen LogP contribution is -2.32. The van der Waals surface area contributed by atoms with Gasteiger partial charge in [-0.2, -0.15) is 5.10 Å². The van der Waals surface area contributed by atoms with E-state index in [0.717, 1.165) is 12.8 Å². The summed E-state index contributed by atoms with van der Waals surface area (Å²) in [6.07, 6.45) is 4.26. The maximum atomic E-state index is 4.64. The number of anilines is 1. The molecule has 0 aliphatic carbocycles. The lowest BCUT2D eigenvalue weighted by Gasteiger charge is -2.38. The third kappa shape index (κ3) is 1.32. The minimum absolute atomic E-state index is 0.404. The van der Waals surface area contributed by atoms with Gasteiger partial charge in [-0.1, -0.05) is 42.5 Å². The van der Waals surface area contributed by atoms with Crippen LogP contribution < -0.4 is 5.01 Å². The third-order valence-electron chi connectivity index (χ3n) is 3.90. The van der Waals surface area contributed by atoms with Crippen LogP contribution in [0.25, 0.3) is 0 Å². The van der Waals surface area contributed by atoms with E-state index in [-0.39, 0.29) is 0 Å². The summed E-state index contributed by atoms with van der Waals surface area (Å²) in [4.78, 5) is 0. The van der Waals surface area contributed by atoms with Crippen molar-refractivity contribution in [2.45, 2.75) is 18.9 Å². The largest absolute Gasteiger partial charge is 0.258 e. The lowest BCUT2D eigenvalue weighted by atomic mass is 9.89. The van der Waals surface area contributed by atoms with Gasteiger partial charge in [-0.3, -0.25) is 5.01 Å². The zero-order valence-electron chi connectivity index (χ0n) is 10.1. The molecule has 0 saturated heterocycles. The van der Waals surface area contributed by atoms with Crippen molar-refractivity contribution in [3.8, 4) is 0 Å². The number of rotatable bonds is 0. The average Bonchev–Trinajstić information content (AvgIpc) is 2.46. The second kappa shape index (κ2) is 3.70. The first kappa shape index (κ1) is 9.89. The normalized spacial score (nSPS) is 20.0. The highest BCUT2D eigenvalue weighted by Crippen LogP contribution is 2.41. The van der Waals surface area contributed by atoms with E-state index in [4.69, 9.17) is 0 Å². The Hall–Kier alpha value is -2.09.